The van der Waals surface area contributed by atoms with Crippen LogP contribution >= 0.6 is 27.3 Å². The number of halogens is 1. The first-order valence-electron chi connectivity index (χ1n) is 6.68. The van der Waals surface area contributed by atoms with Gasteiger partial charge in [-0.05, 0) is 43.1 Å². The van der Waals surface area contributed by atoms with Gasteiger partial charge in [-0.2, -0.15) is 0 Å². The van der Waals surface area contributed by atoms with E-state index in [2.05, 4.69) is 39.2 Å². The number of aromatic nitrogens is 1. The van der Waals surface area contributed by atoms with E-state index < -0.39 is 0 Å². The molecule has 0 saturated heterocycles. The lowest BCUT2D eigenvalue weighted by Gasteiger charge is -2.18. The number of nitrogens with one attached hydrogen (secondary N) is 1. The van der Waals surface area contributed by atoms with Crippen molar-refractivity contribution in [3.05, 3.63) is 44.8 Å². The van der Waals surface area contributed by atoms with Crippen molar-refractivity contribution in [1.29, 1.82) is 0 Å². The average molecular weight is 355 g/mol. The summed E-state index contributed by atoms with van der Waals surface area (Å²) in [6, 6.07) is 6.39. The van der Waals surface area contributed by atoms with E-state index in [9.17, 15) is 0 Å². The summed E-state index contributed by atoms with van der Waals surface area (Å²) in [5.41, 5.74) is 3.13. The van der Waals surface area contributed by atoms with Gasteiger partial charge in [0.05, 0.1) is 12.6 Å². The average Bonchev–Trinajstić information content (AvgIpc) is 2.99. The van der Waals surface area contributed by atoms with Crippen LogP contribution in [0, 0.1) is 0 Å². The van der Waals surface area contributed by atoms with Gasteiger partial charge in [0.15, 0.2) is 0 Å². The second kappa shape index (κ2) is 7.76. The molecule has 0 amide bonds. The van der Waals surface area contributed by atoms with Gasteiger partial charge in [0, 0.05) is 21.6 Å². The van der Waals surface area contributed by atoms with Crippen molar-refractivity contribution in [2.24, 2.45) is 0 Å². The van der Waals surface area contributed by atoms with Crippen LogP contribution in [0.2, 0.25) is 0 Å². The first-order chi connectivity index (χ1) is 9.74. The molecule has 0 aliphatic heterocycles. The Balaban J connectivity index is 2.18. The number of thiazole rings is 1. The third kappa shape index (κ3) is 4.04. The number of hydrogen-bond acceptors (Lipinski definition) is 4. The molecule has 0 saturated carbocycles. The van der Waals surface area contributed by atoms with E-state index >= 15 is 0 Å². The van der Waals surface area contributed by atoms with Crippen molar-refractivity contribution in [1.82, 2.24) is 10.3 Å². The van der Waals surface area contributed by atoms with E-state index in [1.807, 2.05) is 23.8 Å². The Morgan fingerprint density at radius 1 is 1.45 bits per heavy atom. The standard InChI is InChI=1S/C15H19BrN2OS/c1-3-6-18-14(15-9-17-10-20-15)8-11-7-12(19-2)4-5-13(11)16/h4-5,7,9-10,14,18H,3,6,8H2,1-2H3. The minimum atomic E-state index is 0.297. The molecule has 0 bridgehead atoms. The smallest absolute Gasteiger partial charge is 0.119 e. The zero-order valence-corrected chi connectivity index (χ0v) is 14.1. The van der Waals surface area contributed by atoms with Gasteiger partial charge < -0.3 is 10.1 Å². The number of nitrogens with zero attached hydrogens (tertiary/aromatic N) is 1. The number of benzene rings is 1. The fraction of sp³-hybridized carbons (Fsp3) is 0.400. The molecule has 0 aliphatic rings. The summed E-state index contributed by atoms with van der Waals surface area (Å²) in [7, 11) is 1.70. The molecule has 108 valence electrons. The molecule has 2 rings (SSSR count). The summed E-state index contributed by atoms with van der Waals surface area (Å²) in [5.74, 6) is 0.891. The van der Waals surface area contributed by atoms with E-state index in [0.29, 0.717) is 6.04 Å². The quantitative estimate of drug-likeness (QED) is 0.808. The number of rotatable bonds is 7. The monoisotopic (exact) mass is 354 g/mol. The molecular weight excluding hydrogens is 336 g/mol. The van der Waals surface area contributed by atoms with Gasteiger partial charge in [0.1, 0.15) is 5.75 Å². The summed E-state index contributed by atoms with van der Waals surface area (Å²) >= 11 is 5.32. The van der Waals surface area contributed by atoms with Gasteiger partial charge in [-0.15, -0.1) is 11.3 Å². The third-order valence-electron chi connectivity index (χ3n) is 3.11. The second-order valence-electron chi connectivity index (χ2n) is 4.57. The van der Waals surface area contributed by atoms with Gasteiger partial charge in [-0.25, -0.2) is 0 Å². The molecular formula is C15H19BrN2OS. The molecule has 0 fully saturated rings. The molecule has 1 N–H and O–H groups in total. The second-order valence-corrected chi connectivity index (χ2v) is 6.34. The van der Waals surface area contributed by atoms with Crippen LogP contribution in [0.15, 0.2) is 34.4 Å². The van der Waals surface area contributed by atoms with Gasteiger partial charge >= 0.3 is 0 Å². The van der Waals surface area contributed by atoms with Crippen LogP contribution in [0.3, 0.4) is 0 Å². The lowest BCUT2D eigenvalue weighted by molar-refractivity contribution is 0.413. The molecule has 1 aromatic heterocycles. The zero-order valence-electron chi connectivity index (χ0n) is 11.7. The summed E-state index contributed by atoms with van der Waals surface area (Å²) < 4.78 is 6.43. The number of hydrogen-bond donors (Lipinski definition) is 1. The van der Waals surface area contributed by atoms with Crippen molar-refractivity contribution in [2.45, 2.75) is 25.8 Å². The van der Waals surface area contributed by atoms with Crippen LogP contribution < -0.4 is 10.1 Å². The molecule has 1 heterocycles. The number of methoxy groups -OCH3 is 1. The van der Waals surface area contributed by atoms with E-state index in [1.54, 1.807) is 18.4 Å². The maximum absolute atomic E-state index is 5.31. The third-order valence-corrected chi connectivity index (χ3v) is 4.78. The van der Waals surface area contributed by atoms with Crippen LogP contribution in [0.1, 0.15) is 29.8 Å². The first kappa shape index (κ1) is 15.5. The highest BCUT2D eigenvalue weighted by atomic mass is 79.9. The van der Waals surface area contributed by atoms with E-state index in [4.69, 9.17) is 4.74 Å². The van der Waals surface area contributed by atoms with Crippen LogP contribution in [-0.4, -0.2) is 18.6 Å². The summed E-state index contributed by atoms with van der Waals surface area (Å²) in [6.07, 6.45) is 3.99. The molecule has 2 aromatic rings. The summed E-state index contributed by atoms with van der Waals surface area (Å²) in [4.78, 5) is 5.46. The summed E-state index contributed by atoms with van der Waals surface area (Å²) in [6.45, 7) is 3.18. The van der Waals surface area contributed by atoms with Gasteiger partial charge in [-0.1, -0.05) is 22.9 Å². The minimum Gasteiger partial charge on any atom is -0.497 e. The van der Waals surface area contributed by atoms with Crippen molar-refractivity contribution in [3.63, 3.8) is 0 Å². The molecule has 1 atom stereocenters. The molecule has 1 unspecified atom stereocenters. The van der Waals surface area contributed by atoms with Crippen LogP contribution in [-0.2, 0) is 6.42 Å². The van der Waals surface area contributed by atoms with Crippen LogP contribution in [0.5, 0.6) is 5.75 Å². The number of ether oxygens (including phenoxy) is 1. The van der Waals surface area contributed by atoms with E-state index in [0.717, 1.165) is 29.6 Å². The Morgan fingerprint density at radius 2 is 2.30 bits per heavy atom. The lowest BCUT2D eigenvalue weighted by Crippen LogP contribution is -2.23. The Hall–Kier alpha value is -0.910. The maximum Gasteiger partial charge on any atom is 0.119 e. The maximum atomic E-state index is 5.31. The van der Waals surface area contributed by atoms with E-state index in [-0.39, 0.29) is 0 Å². The SMILES string of the molecule is CCCNC(Cc1cc(OC)ccc1Br)c1cncs1. The molecule has 1 aromatic carbocycles. The first-order valence-corrected chi connectivity index (χ1v) is 8.36. The molecule has 0 spiro atoms. The minimum absolute atomic E-state index is 0.297. The van der Waals surface area contributed by atoms with Gasteiger partial charge in [0.2, 0.25) is 0 Å². The van der Waals surface area contributed by atoms with Crippen LogP contribution in [0.4, 0.5) is 0 Å². The van der Waals surface area contributed by atoms with Crippen molar-refractivity contribution >= 4 is 27.3 Å². The Kier molecular flexibility index (Phi) is 6.01. The van der Waals surface area contributed by atoms with Crippen molar-refractivity contribution < 1.29 is 4.74 Å². The highest BCUT2D eigenvalue weighted by molar-refractivity contribution is 9.10. The highest BCUT2D eigenvalue weighted by Crippen LogP contribution is 2.28. The largest absolute Gasteiger partial charge is 0.497 e. The normalized spacial score (nSPS) is 12.3. The van der Waals surface area contributed by atoms with E-state index in [1.165, 1.54) is 10.4 Å². The predicted octanol–water partition coefficient (Wildman–Crippen LogP) is 4.20. The Bertz CT molecular complexity index is 531. The predicted molar refractivity (Wildman–Crippen MR) is 87.5 cm³/mol. The molecule has 20 heavy (non-hydrogen) atoms. The topological polar surface area (TPSA) is 34.1 Å². The molecule has 0 radical (unpaired) electrons. The highest BCUT2D eigenvalue weighted by Gasteiger charge is 2.15. The van der Waals surface area contributed by atoms with Crippen molar-refractivity contribution in [3.8, 4) is 5.75 Å². The van der Waals surface area contributed by atoms with Crippen LogP contribution in [0.25, 0.3) is 0 Å². The Morgan fingerprint density at radius 3 is 2.95 bits per heavy atom. The molecule has 5 heteroatoms. The fourth-order valence-electron chi connectivity index (χ4n) is 2.04. The lowest BCUT2D eigenvalue weighted by atomic mass is 10.0. The Labute approximate surface area is 132 Å². The van der Waals surface area contributed by atoms with Gasteiger partial charge in [0.25, 0.3) is 0 Å². The van der Waals surface area contributed by atoms with Crippen molar-refractivity contribution in [2.75, 3.05) is 13.7 Å². The molecule has 0 aliphatic carbocycles. The summed E-state index contributed by atoms with van der Waals surface area (Å²) in [5, 5.41) is 3.59. The van der Waals surface area contributed by atoms with Gasteiger partial charge in [-0.3, -0.25) is 4.98 Å². The zero-order chi connectivity index (χ0) is 14.4. The molecule has 3 nitrogen and oxygen atoms in total. The fourth-order valence-corrected chi connectivity index (χ4v) is 3.15.